The lowest BCUT2D eigenvalue weighted by atomic mass is 10.3. The number of nitrogens with two attached hydrogens (primary N) is 1. The summed E-state index contributed by atoms with van der Waals surface area (Å²) >= 11 is 5.87. The van der Waals surface area contributed by atoms with Crippen molar-refractivity contribution in [3.05, 3.63) is 47.7 Å². The van der Waals surface area contributed by atoms with Gasteiger partial charge in [0.15, 0.2) is 0 Å². The Kier molecular flexibility index (Phi) is 3.40. The van der Waals surface area contributed by atoms with E-state index >= 15 is 0 Å². The van der Waals surface area contributed by atoms with Crippen molar-refractivity contribution in [2.24, 2.45) is 0 Å². The molecule has 1 aromatic heterocycles. The summed E-state index contributed by atoms with van der Waals surface area (Å²) in [6.07, 6.45) is 2.94. The van der Waals surface area contributed by atoms with Crippen LogP contribution in [-0.4, -0.2) is 13.4 Å². The number of aromatic nitrogens is 1. The molecule has 0 spiro atoms. The second kappa shape index (κ2) is 4.83. The normalized spacial score (nSPS) is 11.2. The van der Waals surface area contributed by atoms with Crippen molar-refractivity contribution in [1.29, 1.82) is 0 Å². The van der Waals surface area contributed by atoms with Crippen LogP contribution in [0.2, 0.25) is 5.02 Å². The van der Waals surface area contributed by atoms with Gasteiger partial charge in [-0.15, -0.1) is 0 Å². The molecule has 1 aromatic carbocycles. The fraction of sp³-hybridized carbons (Fsp3) is 0. The van der Waals surface area contributed by atoms with Crippen LogP contribution in [0.5, 0.6) is 0 Å². The van der Waals surface area contributed by atoms with Crippen LogP contribution in [0.25, 0.3) is 0 Å². The third-order valence-electron chi connectivity index (χ3n) is 2.18. The predicted molar refractivity (Wildman–Crippen MR) is 70.9 cm³/mol. The predicted octanol–water partition coefficient (Wildman–Crippen LogP) is 2.12. The molecule has 3 N–H and O–H groups in total. The first-order valence-corrected chi connectivity index (χ1v) is 6.83. The van der Waals surface area contributed by atoms with Crippen LogP contribution in [0.15, 0.2) is 47.6 Å². The number of nitrogen functional groups attached to an aromatic ring is 1. The molecule has 0 aliphatic heterocycles. The lowest BCUT2D eigenvalue weighted by molar-refractivity contribution is 0.601. The van der Waals surface area contributed by atoms with Crippen LogP contribution in [0.3, 0.4) is 0 Å². The molecule has 2 rings (SSSR count). The van der Waals surface area contributed by atoms with E-state index in [-0.39, 0.29) is 15.6 Å². The van der Waals surface area contributed by atoms with Crippen LogP contribution in [0.1, 0.15) is 0 Å². The van der Waals surface area contributed by atoms with Gasteiger partial charge in [-0.25, -0.2) is 8.42 Å². The average molecular weight is 284 g/mol. The van der Waals surface area contributed by atoms with E-state index < -0.39 is 10.0 Å². The Balaban J connectivity index is 2.44. The lowest BCUT2D eigenvalue weighted by Crippen LogP contribution is -2.15. The number of nitrogens with zero attached hydrogens (tertiary/aromatic N) is 1. The van der Waals surface area contributed by atoms with Gasteiger partial charge in [0.2, 0.25) is 0 Å². The zero-order valence-corrected chi connectivity index (χ0v) is 10.7. The fourth-order valence-electron chi connectivity index (χ4n) is 1.44. The highest BCUT2D eigenvalue weighted by atomic mass is 35.5. The maximum Gasteiger partial charge on any atom is 0.265 e. The molecule has 0 radical (unpaired) electrons. The smallest absolute Gasteiger partial charge is 0.265 e. The molecule has 0 saturated heterocycles. The highest BCUT2D eigenvalue weighted by Gasteiger charge is 2.21. The standard InChI is InChI=1S/C11H10ClN3O2S/c12-9-4-1-5-10(13)11(9)18(16,17)15-8-3-2-6-14-7-8/h1-7,15H,13H2. The summed E-state index contributed by atoms with van der Waals surface area (Å²) in [6.45, 7) is 0. The Bertz CT molecular complexity index is 639. The van der Waals surface area contributed by atoms with Crippen molar-refractivity contribution >= 4 is 33.0 Å². The number of rotatable bonds is 3. The highest BCUT2D eigenvalue weighted by Crippen LogP contribution is 2.28. The van der Waals surface area contributed by atoms with Crippen LogP contribution >= 0.6 is 11.6 Å². The molecule has 5 nitrogen and oxygen atoms in total. The van der Waals surface area contributed by atoms with Gasteiger partial charge in [0, 0.05) is 6.20 Å². The molecule has 7 heteroatoms. The summed E-state index contributed by atoms with van der Waals surface area (Å²) < 4.78 is 26.6. The van der Waals surface area contributed by atoms with Gasteiger partial charge >= 0.3 is 0 Å². The third-order valence-corrected chi connectivity index (χ3v) is 4.10. The number of pyridine rings is 1. The molecule has 94 valence electrons. The van der Waals surface area contributed by atoms with E-state index in [2.05, 4.69) is 9.71 Å². The van der Waals surface area contributed by atoms with Crippen LogP contribution in [0.4, 0.5) is 11.4 Å². The molecule has 0 saturated carbocycles. The number of hydrogen-bond acceptors (Lipinski definition) is 4. The van der Waals surface area contributed by atoms with E-state index in [1.165, 1.54) is 18.3 Å². The highest BCUT2D eigenvalue weighted by molar-refractivity contribution is 7.93. The van der Waals surface area contributed by atoms with E-state index in [9.17, 15) is 8.42 Å². The van der Waals surface area contributed by atoms with Gasteiger partial charge in [0.1, 0.15) is 4.90 Å². The molecule has 0 atom stereocenters. The topological polar surface area (TPSA) is 85.1 Å². The van der Waals surface area contributed by atoms with Gasteiger partial charge in [-0.3, -0.25) is 9.71 Å². The summed E-state index contributed by atoms with van der Waals surface area (Å²) in [6, 6.07) is 7.73. The minimum atomic E-state index is -3.82. The quantitative estimate of drug-likeness (QED) is 0.845. The molecule has 0 aliphatic carbocycles. The molecule has 2 aromatic rings. The Morgan fingerprint density at radius 2 is 2.00 bits per heavy atom. The molecular formula is C11H10ClN3O2S. The number of hydrogen-bond donors (Lipinski definition) is 2. The van der Waals surface area contributed by atoms with Gasteiger partial charge in [-0.05, 0) is 24.3 Å². The Morgan fingerprint density at radius 1 is 1.22 bits per heavy atom. The van der Waals surface area contributed by atoms with Crippen LogP contribution < -0.4 is 10.5 Å². The fourth-order valence-corrected chi connectivity index (χ4v) is 3.16. The summed E-state index contributed by atoms with van der Waals surface area (Å²) in [5.41, 5.74) is 6.08. The van der Waals surface area contributed by atoms with E-state index in [1.807, 2.05) is 0 Å². The summed E-state index contributed by atoms with van der Waals surface area (Å²) in [4.78, 5) is 3.69. The number of sulfonamides is 1. The molecule has 0 amide bonds. The second-order valence-electron chi connectivity index (χ2n) is 3.51. The molecule has 1 heterocycles. The van der Waals surface area contributed by atoms with Gasteiger partial charge in [-0.1, -0.05) is 17.7 Å². The molecule has 0 bridgehead atoms. The van der Waals surface area contributed by atoms with E-state index in [1.54, 1.807) is 24.4 Å². The first-order chi connectivity index (χ1) is 8.50. The van der Waals surface area contributed by atoms with Crippen molar-refractivity contribution < 1.29 is 8.42 Å². The molecular weight excluding hydrogens is 274 g/mol. The number of anilines is 2. The first-order valence-electron chi connectivity index (χ1n) is 4.97. The largest absolute Gasteiger partial charge is 0.398 e. The van der Waals surface area contributed by atoms with Crippen LogP contribution in [0, 0.1) is 0 Å². The van der Waals surface area contributed by atoms with Crippen molar-refractivity contribution in [2.75, 3.05) is 10.5 Å². The van der Waals surface area contributed by atoms with E-state index in [4.69, 9.17) is 17.3 Å². The summed E-state index contributed by atoms with van der Waals surface area (Å²) in [7, 11) is -3.82. The molecule has 0 unspecified atom stereocenters. The second-order valence-corrected chi connectivity index (χ2v) is 5.53. The molecule has 0 fully saturated rings. The van der Waals surface area contributed by atoms with Crippen molar-refractivity contribution in [1.82, 2.24) is 4.98 Å². The zero-order chi connectivity index (χ0) is 13.2. The monoisotopic (exact) mass is 283 g/mol. The summed E-state index contributed by atoms with van der Waals surface area (Å²) in [5.74, 6) is 0. The maximum absolute atomic E-state index is 12.1. The van der Waals surface area contributed by atoms with Gasteiger partial charge < -0.3 is 5.73 Å². The van der Waals surface area contributed by atoms with Crippen LogP contribution in [-0.2, 0) is 10.0 Å². The van der Waals surface area contributed by atoms with Gasteiger partial charge in [0.25, 0.3) is 10.0 Å². The molecule has 0 aliphatic rings. The lowest BCUT2D eigenvalue weighted by Gasteiger charge is -2.11. The third kappa shape index (κ3) is 2.55. The van der Waals surface area contributed by atoms with Crippen molar-refractivity contribution in [2.45, 2.75) is 4.90 Å². The Hall–Kier alpha value is -1.79. The number of benzene rings is 1. The van der Waals surface area contributed by atoms with Gasteiger partial charge in [-0.2, -0.15) is 0 Å². The van der Waals surface area contributed by atoms with E-state index in [0.29, 0.717) is 5.69 Å². The average Bonchev–Trinajstić information content (AvgIpc) is 2.28. The van der Waals surface area contributed by atoms with Gasteiger partial charge in [0.05, 0.1) is 22.6 Å². The summed E-state index contributed by atoms with van der Waals surface area (Å²) in [5, 5.41) is 0.0754. The SMILES string of the molecule is Nc1cccc(Cl)c1S(=O)(=O)Nc1cccnc1. The minimum absolute atomic E-state index is 0.0754. The maximum atomic E-state index is 12.1. The van der Waals surface area contributed by atoms with Crippen molar-refractivity contribution in [3.63, 3.8) is 0 Å². The van der Waals surface area contributed by atoms with Crippen molar-refractivity contribution in [3.8, 4) is 0 Å². The minimum Gasteiger partial charge on any atom is -0.398 e. The zero-order valence-electron chi connectivity index (χ0n) is 9.17. The number of nitrogens with one attached hydrogen (secondary N) is 1. The number of halogens is 1. The Labute approximate surface area is 110 Å². The first kappa shape index (κ1) is 12.7. The molecule has 18 heavy (non-hydrogen) atoms. The Morgan fingerprint density at radius 3 is 2.61 bits per heavy atom. The van der Waals surface area contributed by atoms with E-state index in [0.717, 1.165) is 0 Å².